The summed E-state index contributed by atoms with van der Waals surface area (Å²) < 4.78 is 5.31. The molecule has 0 aromatic carbocycles. The molecule has 2 rings (SSSR count). The van der Waals surface area contributed by atoms with E-state index >= 15 is 0 Å². The Balaban J connectivity index is 1.53. The van der Waals surface area contributed by atoms with E-state index in [0.29, 0.717) is 12.5 Å². The molecule has 1 heterocycles. The summed E-state index contributed by atoms with van der Waals surface area (Å²) >= 11 is 0. The van der Waals surface area contributed by atoms with Crippen LogP contribution in [0, 0.1) is 0 Å². The Morgan fingerprint density at radius 2 is 2.11 bits per heavy atom. The van der Waals surface area contributed by atoms with Crippen LogP contribution in [0.2, 0.25) is 0 Å². The van der Waals surface area contributed by atoms with Crippen molar-refractivity contribution in [3.8, 4) is 0 Å². The van der Waals surface area contributed by atoms with Gasteiger partial charge in [0.05, 0.1) is 13.2 Å². The van der Waals surface area contributed by atoms with E-state index < -0.39 is 0 Å². The number of rotatable bonds is 7. The quantitative estimate of drug-likeness (QED) is 0.670. The van der Waals surface area contributed by atoms with Crippen LogP contribution in [0.3, 0.4) is 0 Å². The lowest BCUT2D eigenvalue weighted by atomic mass is 10.2. The molecule has 5 nitrogen and oxygen atoms in total. The second-order valence-electron chi connectivity index (χ2n) is 5.36. The van der Waals surface area contributed by atoms with Crippen molar-refractivity contribution in [2.24, 2.45) is 0 Å². The van der Waals surface area contributed by atoms with Crippen molar-refractivity contribution in [1.29, 1.82) is 0 Å². The summed E-state index contributed by atoms with van der Waals surface area (Å²) in [5, 5.41) is 6.41. The van der Waals surface area contributed by atoms with E-state index in [1.54, 1.807) is 0 Å². The molecule has 0 aromatic rings. The van der Waals surface area contributed by atoms with Crippen LogP contribution in [0.5, 0.6) is 0 Å². The Hall–Kier alpha value is -0.650. The summed E-state index contributed by atoms with van der Waals surface area (Å²) in [6.45, 7) is 7.37. The van der Waals surface area contributed by atoms with Crippen molar-refractivity contribution >= 4 is 5.91 Å². The van der Waals surface area contributed by atoms with Crippen LogP contribution in [0.15, 0.2) is 0 Å². The first kappa shape index (κ1) is 13.8. The number of nitrogens with zero attached hydrogens (tertiary/aromatic N) is 1. The number of amides is 1. The minimum atomic E-state index is 0.156. The summed E-state index contributed by atoms with van der Waals surface area (Å²) in [4.78, 5) is 14.0. The highest BCUT2D eigenvalue weighted by atomic mass is 16.5. The predicted molar refractivity (Wildman–Crippen MR) is 70.5 cm³/mol. The third-order valence-corrected chi connectivity index (χ3v) is 3.41. The zero-order valence-corrected chi connectivity index (χ0v) is 11.3. The van der Waals surface area contributed by atoms with Gasteiger partial charge in [-0.2, -0.15) is 0 Å². The molecule has 1 unspecified atom stereocenters. The van der Waals surface area contributed by atoms with Crippen LogP contribution >= 0.6 is 0 Å². The van der Waals surface area contributed by atoms with Gasteiger partial charge in [0, 0.05) is 44.7 Å². The van der Waals surface area contributed by atoms with Crippen molar-refractivity contribution in [1.82, 2.24) is 15.5 Å². The second kappa shape index (κ2) is 7.07. The highest BCUT2D eigenvalue weighted by molar-refractivity contribution is 5.76. The molecule has 5 heteroatoms. The van der Waals surface area contributed by atoms with E-state index in [9.17, 15) is 4.79 Å². The summed E-state index contributed by atoms with van der Waals surface area (Å²) in [6.07, 6.45) is 3.13. The monoisotopic (exact) mass is 255 g/mol. The molecule has 2 N–H and O–H groups in total. The standard InChI is InChI=1S/C13H25N3O2/c1-11(10-16-6-8-18-9-7-16)15-13(17)4-5-14-12-2-3-12/h11-12,14H,2-10H2,1H3,(H,15,17). The van der Waals surface area contributed by atoms with Crippen LogP contribution in [0.4, 0.5) is 0 Å². The Bertz CT molecular complexity index is 263. The first-order valence-electron chi connectivity index (χ1n) is 7.07. The molecule has 1 aliphatic heterocycles. The number of nitrogens with one attached hydrogen (secondary N) is 2. The fraction of sp³-hybridized carbons (Fsp3) is 0.923. The van der Waals surface area contributed by atoms with Crippen LogP contribution in [0.25, 0.3) is 0 Å². The summed E-state index contributed by atoms with van der Waals surface area (Å²) in [6, 6.07) is 0.903. The molecule has 104 valence electrons. The zero-order valence-electron chi connectivity index (χ0n) is 11.3. The van der Waals surface area contributed by atoms with Crippen molar-refractivity contribution in [3.63, 3.8) is 0 Å². The Kier molecular flexibility index (Phi) is 5.41. The number of carbonyl (C=O) groups is 1. The van der Waals surface area contributed by atoms with Crippen molar-refractivity contribution in [3.05, 3.63) is 0 Å². The summed E-state index contributed by atoms with van der Waals surface area (Å²) in [5.74, 6) is 0.156. The lowest BCUT2D eigenvalue weighted by molar-refractivity contribution is -0.121. The summed E-state index contributed by atoms with van der Waals surface area (Å²) in [7, 11) is 0. The first-order valence-corrected chi connectivity index (χ1v) is 7.07. The topological polar surface area (TPSA) is 53.6 Å². The molecule has 1 aliphatic carbocycles. The van der Waals surface area contributed by atoms with Gasteiger partial charge in [-0.1, -0.05) is 0 Å². The van der Waals surface area contributed by atoms with Gasteiger partial charge in [0.1, 0.15) is 0 Å². The normalized spacial score (nSPS) is 22.7. The van der Waals surface area contributed by atoms with E-state index in [1.165, 1.54) is 12.8 Å². The smallest absolute Gasteiger partial charge is 0.221 e. The second-order valence-corrected chi connectivity index (χ2v) is 5.36. The molecule has 0 aromatic heterocycles. The van der Waals surface area contributed by atoms with Crippen molar-refractivity contribution < 1.29 is 9.53 Å². The Morgan fingerprint density at radius 3 is 2.78 bits per heavy atom. The van der Waals surface area contributed by atoms with Crippen LogP contribution in [-0.4, -0.2) is 62.3 Å². The third kappa shape index (κ3) is 5.33. The Labute approximate surface area is 109 Å². The highest BCUT2D eigenvalue weighted by Gasteiger charge is 2.20. The van der Waals surface area contributed by atoms with Crippen LogP contribution < -0.4 is 10.6 Å². The van der Waals surface area contributed by atoms with Gasteiger partial charge in [0.25, 0.3) is 0 Å². The van der Waals surface area contributed by atoms with E-state index in [2.05, 4.69) is 22.5 Å². The SMILES string of the molecule is CC(CN1CCOCC1)NC(=O)CCNC1CC1. The van der Waals surface area contributed by atoms with E-state index in [1.807, 2.05) is 0 Å². The largest absolute Gasteiger partial charge is 0.379 e. The molecule has 0 radical (unpaired) electrons. The molecule has 0 bridgehead atoms. The van der Waals surface area contributed by atoms with E-state index in [-0.39, 0.29) is 11.9 Å². The van der Waals surface area contributed by atoms with Gasteiger partial charge in [0.2, 0.25) is 5.91 Å². The first-order chi connectivity index (χ1) is 8.74. The van der Waals surface area contributed by atoms with Gasteiger partial charge < -0.3 is 15.4 Å². The zero-order chi connectivity index (χ0) is 12.8. The van der Waals surface area contributed by atoms with Crippen molar-refractivity contribution in [2.45, 2.75) is 38.3 Å². The predicted octanol–water partition coefficient (Wildman–Crippen LogP) is -0.0346. The maximum Gasteiger partial charge on any atom is 0.221 e. The molecule has 2 fully saturated rings. The maximum absolute atomic E-state index is 11.7. The maximum atomic E-state index is 11.7. The molecule has 1 amide bonds. The number of hydrogen-bond donors (Lipinski definition) is 2. The number of ether oxygens (including phenoxy) is 1. The molecule has 2 aliphatic rings. The van der Waals surface area contributed by atoms with Gasteiger partial charge >= 0.3 is 0 Å². The molecule has 18 heavy (non-hydrogen) atoms. The minimum absolute atomic E-state index is 0.156. The molecular weight excluding hydrogens is 230 g/mol. The van der Waals surface area contributed by atoms with Gasteiger partial charge in [-0.05, 0) is 19.8 Å². The number of morpholine rings is 1. The van der Waals surface area contributed by atoms with Crippen LogP contribution in [0.1, 0.15) is 26.2 Å². The molecular formula is C13H25N3O2. The third-order valence-electron chi connectivity index (χ3n) is 3.41. The molecule has 1 atom stereocenters. The average Bonchev–Trinajstić information content (AvgIpc) is 3.14. The summed E-state index contributed by atoms with van der Waals surface area (Å²) in [5.41, 5.74) is 0. The lowest BCUT2D eigenvalue weighted by Gasteiger charge is -2.29. The fourth-order valence-electron chi connectivity index (χ4n) is 2.24. The molecule has 1 saturated carbocycles. The van der Waals surface area contributed by atoms with E-state index in [4.69, 9.17) is 4.74 Å². The molecule has 0 spiro atoms. The van der Waals surface area contributed by atoms with Crippen molar-refractivity contribution in [2.75, 3.05) is 39.4 Å². The Morgan fingerprint density at radius 1 is 1.39 bits per heavy atom. The highest BCUT2D eigenvalue weighted by Crippen LogP contribution is 2.18. The van der Waals surface area contributed by atoms with E-state index in [0.717, 1.165) is 39.4 Å². The van der Waals surface area contributed by atoms with Gasteiger partial charge in [-0.3, -0.25) is 9.69 Å². The van der Waals surface area contributed by atoms with Crippen LogP contribution in [-0.2, 0) is 9.53 Å². The van der Waals surface area contributed by atoms with Gasteiger partial charge in [-0.25, -0.2) is 0 Å². The number of carbonyl (C=O) groups excluding carboxylic acids is 1. The minimum Gasteiger partial charge on any atom is -0.379 e. The van der Waals surface area contributed by atoms with Gasteiger partial charge in [-0.15, -0.1) is 0 Å². The molecule has 1 saturated heterocycles. The van der Waals surface area contributed by atoms with Gasteiger partial charge in [0.15, 0.2) is 0 Å². The average molecular weight is 255 g/mol. The lowest BCUT2D eigenvalue weighted by Crippen LogP contribution is -2.46. The fourth-order valence-corrected chi connectivity index (χ4v) is 2.24. The number of hydrogen-bond acceptors (Lipinski definition) is 4.